The maximum Gasteiger partial charge on any atom is 0.408 e. The van der Waals surface area contributed by atoms with Gasteiger partial charge in [0.05, 0.1) is 0 Å². The van der Waals surface area contributed by atoms with Crippen LogP contribution >= 0.6 is 0 Å². The molecule has 1 saturated carbocycles. The molecule has 1 aromatic carbocycles. The van der Waals surface area contributed by atoms with Crippen LogP contribution in [0.5, 0.6) is 0 Å². The maximum absolute atomic E-state index is 13.8. The first-order valence-corrected chi connectivity index (χ1v) is 13.6. The summed E-state index contributed by atoms with van der Waals surface area (Å²) in [6.07, 6.45) is 7.41. The lowest BCUT2D eigenvalue weighted by molar-refractivity contribution is -0.142. The van der Waals surface area contributed by atoms with Gasteiger partial charge in [0.1, 0.15) is 17.7 Å². The second kappa shape index (κ2) is 13.7. The Morgan fingerprint density at radius 3 is 2.19 bits per heavy atom. The number of rotatable bonds is 10. The SMILES string of the molecule is CCCCCN(C(=O)C(C)NC(=O)OC(C)(C)C)C(C(=O)NC1CCCCC1)c1cc(C)cc(C)c1. The quantitative estimate of drug-likeness (QED) is 0.401. The van der Waals surface area contributed by atoms with Gasteiger partial charge in [-0.1, -0.05) is 68.4 Å². The van der Waals surface area contributed by atoms with Crippen LogP contribution < -0.4 is 10.6 Å². The number of carbonyl (C=O) groups is 3. The standard InChI is InChI=1S/C29H47N3O4/c1-8-9-13-16-32(27(34)22(4)30-28(35)36-29(5,6)7)25(23-18-20(2)17-21(3)19-23)26(33)31-24-14-11-10-12-15-24/h17-19,22,24-25H,8-16H2,1-7H3,(H,30,35)(H,31,33). The molecule has 0 heterocycles. The number of alkyl carbamates (subject to hydrolysis) is 1. The lowest BCUT2D eigenvalue weighted by Gasteiger charge is -2.35. The van der Waals surface area contributed by atoms with Gasteiger partial charge in [-0.25, -0.2) is 4.79 Å². The zero-order valence-electron chi connectivity index (χ0n) is 23.4. The molecular formula is C29H47N3O4. The molecule has 0 radical (unpaired) electrons. The Morgan fingerprint density at radius 2 is 1.64 bits per heavy atom. The van der Waals surface area contributed by atoms with Gasteiger partial charge in [-0.05, 0) is 66.4 Å². The summed E-state index contributed by atoms with van der Waals surface area (Å²) in [4.78, 5) is 41.7. The predicted molar refractivity (Wildman–Crippen MR) is 144 cm³/mol. The van der Waals surface area contributed by atoms with Gasteiger partial charge in [-0.2, -0.15) is 0 Å². The Morgan fingerprint density at radius 1 is 1.03 bits per heavy atom. The molecule has 1 aliphatic rings. The zero-order valence-corrected chi connectivity index (χ0v) is 23.4. The number of unbranched alkanes of at least 4 members (excludes halogenated alkanes) is 2. The highest BCUT2D eigenvalue weighted by Crippen LogP contribution is 2.27. The number of aryl methyl sites for hydroxylation is 2. The van der Waals surface area contributed by atoms with Crippen LogP contribution in [0.2, 0.25) is 0 Å². The fraction of sp³-hybridized carbons (Fsp3) is 0.690. The number of amides is 3. The fourth-order valence-electron chi connectivity index (χ4n) is 4.86. The Bertz CT molecular complexity index is 867. The van der Waals surface area contributed by atoms with Crippen molar-refractivity contribution >= 4 is 17.9 Å². The molecular weight excluding hydrogens is 454 g/mol. The summed E-state index contributed by atoms with van der Waals surface area (Å²) in [5, 5.41) is 5.92. The van der Waals surface area contributed by atoms with Gasteiger partial charge in [0.15, 0.2) is 0 Å². The topological polar surface area (TPSA) is 87.7 Å². The summed E-state index contributed by atoms with van der Waals surface area (Å²) < 4.78 is 5.36. The Kier molecular flexibility index (Phi) is 11.3. The van der Waals surface area contributed by atoms with Crippen LogP contribution in [0.3, 0.4) is 0 Å². The van der Waals surface area contributed by atoms with E-state index in [0.717, 1.165) is 61.6 Å². The predicted octanol–water partition coefficient (Wildman–Crippen LogP) is 5.73. The smallest absolute Gasteiger partial charge is 0.408 e. The molecule has 0 aromatic heterocycles. The van der Waals surface area contributed by atoms with Crippen molar-refractivity contribution in [1.29, 1.82) is 0 Å². The molecule has 1 aliphatic carbocycles. The van der Waals surface area contributed by atoms with Crippen LogP contribution in [0.25, 0.3) is 0 Å². The van der Waals surface area contributed by atoms with E-state index in [4.69, 9.17) is 4.74 Å². The van der Waals surface area contributed by atoms with Crippen molar-refractivity contribution in [1.82, 2.24) is 15.5 Å². The van der Waals surface area contributed by atoms with E-state index in [0.29, 0.717) is 6.54 Å². The van der Waals surface area contributed by atoms with Crippen LogP contribution in [0, 0.1) is 13.8 Å². The van der Waals surface area contributed by atoms with Gasteiger partial charge in [0.2, 0.25) is 11.8 Å². The molecule has 0 saturated heterocycles. The van der Waals surface area contributed by atoms with Crippen molar-refractivity contribution in [2.24, 2.45) is 0 Å². The molecule has 7 heteroatoms. The summed E-state index contributed by atoms with van der Waals surface area (Å²) in [6, 6.07) is 4.57. The number of nitrogens with one attached hydrogen (secondary N) is 2. The summed E-state index contributed by atoms with van der Waals surface area (Å²) in [6.45, 7) is 13.5. The zero-order chi connectivity index (χ0) is 26.9. The molecule has 2 unspecified atom stereocenters. The fourth-order valence-corrected chi connectivity index (χ4v) is 4.86. The lowest BCUT2D eigenvalue weighted by atomic mass is 9.94. The maximum atomic E-state index is 13.8. The largest absolute Gasteiger partial charge is 0.444 e. The second-order valence-electron chi connectivity index (χ2n) is 11.3. The van der Waals surface area contributed by atoms with Crippen LogP contribution in [0.4, 0.5) is 4.79 Å². The normalized spacial score (nSPS) is 16.1. The minimum atomic E-state index is -0.836. The first-order chi connectivity index (χ1) is 16.9. The van der Waals surface area contributed by atoms with Crippen LogP contribution in [0.1, 0.15) is 109 Å². The molecule has 7 nitrogen and oxygen atoms in total. The average molecular weight is 502 g/mol. The number of benzene rings is 1. The van der Waals surface area contributed by atoms with E-state index in [1.807, 2.05) is 26.0 Å². The molecule has 3 amide bonds. The third kappa shape index (κ3) is 9.47. The number of hydrogen-bond donors (Lipinski definition) is 2. The molecule has 1 fully saturated rings. The Labute approximate surface area is 217 Å². The van der Waals surface area contributed by atoms with Gasteiger partial charge >= 0.3 is 6.09 Å². The highest BCUT2D eigenvalue weighted by atomic mass is 16.6. The number of ether oxygens (including phenoxy) is 1. The highest BCUT2D eigenvalue weighted by Gasteiger charge is 2.35. The second-order valence-corrected chi connectivity index (χ2v) is 11.3. The first-order valence-electron chi connectivity index (χ1n) is 13.6. The van der Waals surface area contributed by atoms with E-state index in [1.165, 1.54) is 6.42 Å². The first kappa shape index (κ1) is 29.7. The van der Waals surface area contributed by atoms with Gasteiger partial charge in [-0.3, -0.25) is 9.59 Å². The van der Waals surface area contributed by atoms with Gasteiger partial charge in [-0.15, -0.1) is 0 Å². The average Bonchev–Trinajstić information content (AvgIpc) is 2.76. The molecule has 0 spiro atoms. The van der Waals surface area contributed by atoms with E-state index >= 15 is 0 Å². The molecule has 0 aliphatic heterocycles. The monoisotopic (exact) mass is 501 g/mol. The molecule has 202 valence electrons. The molecule has 2 rings (SSSR count). The lowest BCUT2D eigenvalue weighted by Crippen LogP contribution is -2.53. The van der Waals surface area contributed by atoms with Crippen molar-refractivity contribution in [3.63, 3.8) is 0 Å². The van der Waals surface area contributed by atoms with E-state index in [1.54, 1.807) is 32.6 Å². The van der Waals surface area contributed by atoms with Crippen LogP contribution in [-0.2, 0) is 14.3 Å². The summed E-state index contributed by atoms with van der Waals surface area (Å²) >= 11 is 0. The van der Waals surface area contributed by atoms with Crippen molar-refractivity contribution < 1.29 is 19.1 Å². The van der Waals surface area contributed by atoms with Gasteiger partial charge < -0.3 is 20.3 Å². The van der Waals surface area contributed by atoms with Crippen molar-refractivity contribution in [2.45, 2.75) is 124 Å². The summed E-state index contributed by atoms with van der Waals surface area (Å²) in [7, 11) is 0. The molecule has 2 N–H and O–H groups in total. The Balaban J connectivity index is 2.39. The third-order valence-corrected chi connectivity index (χ3v) is 6.46. The minimum absolute atomic E-state index is 0.129. The van der Waals surface area contributed by atoms with Crippen molar-refractivity contribution in [2.75, 3.05) is 6.54 Å². The third-order valence-electron chi connectivity index (χ3n) is 6.46. The summed E-state index contributed by atoms with van der Waals surface area (Å²) in [5.74, 6) is -0.443. The number of nitrogens with zero attached hydrogens (tertiary/aromatic N) is 1. The molecule has 1 aromatic rings. The van der Waals surface area contributed by atoms with Crippen LogP contribution in [-0.4, -0.2) is 47.0 Å². The van der Waals surface area contributed by atoms with Gasteiger partial charge in [0, 0.05) is 12.6 Å². The summed E-state index contributed by atoms with van der Waals surface area (Å²) in [5.41, 5.74) is 2.22. The molecule has 0 bridgehead atoms. The van der Waals surface area contributed by atoms with Crippen molar-refractivity contribution in [3.05, 3.63) is 34.9 Å². The number of hydrogen-bond acceptors (Lipinski definition) is 4. The molecule has 36 heavy (non-hydrogen) atoms. The van der Waals surface area contributed by atoms with Crippen LogP contribution in [0.15, 0.2) is 18.2 Å². The number of carbonyl (C=O) groups excluding carboxylic acids is 3. The highest BCUT2D eigenvalue weighted by molar-refractivity contribution is 5.92. The molecule has 2 atom stereocenters. The van der Waals surface area contributed by atoms with E-state index in [-0.39, 0.29) is 17.9 Å². The van der Waals surface area contributed by atoms with E-state index < -0.39 is 23.8 Å². The van der Waals surface area contributed by atoms with Gasteiger partial charge in [0.25, 0.3) is 0 Å². The van der Waals surface area contributed by atoms with Crippen molar-refractivity contribution in [3.8, 4) is 0 Å². The van der Waals surface area contributed by atoms with E-state index in [9.17, 15) is 14.4 Å². The minimum Gasteiger partial charge on any atom is -0.444 e. The van der Waals surface area contributed by atoms with E-state index in [2.05, 4.69) is 23.6 Å². The Hall–Kier alpha value is -2.57.